The molecule has 7 nitrogen and oxygen atoms in total. The number of benzene rings is 1. The van der Waals surface area contributed by atoms with Crippen molar-refractivity contribution in [3.63, 3.8) is 0 Å². The summed E-state index contributed by atoms with van der Waals surface area (Å²) >= 11 is 1.47. The zero-order valence-corrected chi connectivity index (χ0v) is 15.2. The maximum Gasteiger partial charge on any atom is 0.412 e. The number of nitrogens with zero attached hydrogens (tertiary/aromatic N) is 3. The summed E-state index contributed by atoms with van der Waals surface area (Å²) < 4.78 is 13.0. The van der Waals surface area contributed by atoms with Crippen molar-refractivity contribution in [3.8, 4) is 10.9 Å². The predicted molar refractivity (Wildman–Crippen MR) is 97.9 cm³/mol. The first kappa shape index (κ1) is 17.2. The van der Waals surface area contributed by atoms with E-state index in [9.17, 15) is 4.79 Å². The molecule has 0 unspecified atom stereocenters. The smallest absolute Gasteiger partial charge is 0.412 e. The molecule has 0 atom stereocenters. The van der Waals surface area contributed by atoms with E-state index in [1.165, 1.54) is 11.3 Å². The number of rotatable bonds is 6. The average molecular weight is 360 g/mol. The minimum atomic E-state index is -0.489. The zero-order chi connectivity index (χ0) is 17.8. The van der Waals surface area contributed by atoms with E-state index in [1.807, 2.05) is 32.0 Å². The molecule has 0 aliphatic carbocycles. The molecule has 3 rings (SSSR count). The molecule has 8 heteroatoms. The van der Waals surface area contributed by atoms with Gasteiger partial charge < -0.3 is 9.47 Å². The molecule has 1 N–H and O–H groups in total. The number of hydrogen-bond acceptors (Lipinski definition) is 6. The van der Waals surface area contributed by atoms with Crippen LogP contribution >= 0.6 is 11.3 Å². The summed E-state index contributed by atoms with van der Waals surface area (Å²) in [6, 6.07) is 7.48. The molecule has 2 aromatic heterocycles. The summed E-state index contributed by atoms with van der Waals surface area (Å²) in [5.74, 6) is 1.31. The predicted octanol–water partition coefficient (Wildman–Crippen LogP) is 4.15. The Bertz CT molecular complexity index is 887. The van der Waals surface area contributed by atoms with E-state index in [2.05, 4.69) is 15.4 Å². The Labute approximate surface area is 149 Å². The van der Waals surface area contributed by atoms with Crippen LogP contribution in [0.15, 0.2) is 24.3 Å². The van der Waals surface area contributed by atoms with Crippen LogP contribution in [0.3, 0.4) is 0 Å². The third kappa shape index (κ3) is 3.90. The van der Waals surface area contributed by atoms with Crippen molar-refractivity contribution in [1.29, 1.82) is 0 Å². The van der Waals surface area contributed by atoms with Gasteiger partial charge >= 0.3 is 6.09 Å². The van der Waals surface area contributed by atoms with Gasteiger partial charge in [-0.1, -0.05) is 24.7 Å². The Kier molecular flexibility index (Phi) is 5.18. The molecule has 0 spiro atoms. The van der Waals surface area contributed by atoms with Crippen molar-refractivity contribution >= 4 is 33.5 Å². The standard InChI is InChI=1S/C17H20N4O3S/c1-4-5-8-24-17(22)19-15-9-11(2)20-21(15)16-18-13-7-6-12(23-3)10-14(13)25-16/h6-7,9-10H,4-5,8H2,1-3H3,(H,19,22). The Morgan fingerprint density at radius 1 is 1.36 bits per heavy atom. The first-order chi connectivity index (χ1) is 12.1. The minimum Gasteiger partial charge on any atom is -0.497 e. The van der Waals surface area contributed by atoms with E-state index in [0.717, 1.165) is 34.5 Å². The average Bonchev–Trinajstić information content (AvgIpc) is 3.17. The summed E-state index contributed by atoms with van der Waals surface area (Å²) in [6.07, 6.45) is 1.32. The summed E-state index contributed by atoms with van der Waals surface area (Å²) in [4.78, 5) is 16.5. The summed E-state index contributed by atoms with van der Waals surface area (Å²) in [5.41, 5.74) is 1.63. The third-order valence-corrected chi connectivity index (χ3v) is 4.55. The second-order valence-corrected chi connectivity index (χ2v) is 6.54. The van der Waals surface area contributed by atoms with Crippen LogP contribution in [-0.4, -0.2) is 34.6 Å². The molecule has 3 aromatic rings. The molecule has 0 aliphatic rings. The number of amides is 1. The zero-order valence-electron chi connectivity index (χ0n) is 14.4. The molecule has 2 heterocycles. The number of thiazole rings is 1. The van der Waals surface area contributed by atoms with Crippen LogP contribution in [0.4, 0.5) is 10.6 Å². The summed E-state index contributed by atoms with van der Waals surface area (Å²) in [5, 5.41) is 7.84. The number of aromatic nitrogens is 3. The Hall–Kier alpha value is -2.61. The molecule has 1 aromatic carbocycles. The van der Waals surface area contributed by atoms with Crippen LogP contribution in [0.5, 0.6) is 5.75 Å². The van der Waals surface area contributed by atoms with Crippen LogP contribution in [0.2, 0.25) is 0 Å². The van der Waals surface area contributed by atoms with E-state index >= 15 is 0 Å². The molecule has 0 saturated heterocycles. The van der Waals surface area contributed by atoms with Gasteiger partial charge in [0, 0.05) is 6.07 Å². The molecule has 25 heavy (non-hydrogen) atoms. The molecular weight excluding hydrogens is 340 g/mol. The van der Waals surface area contributed by atoms with Crippen LogP contribution < -0.4 is 10.1 Å². The molecule has 132 valence electrons. The minimum absolute atomic E-state index is 0.399. The third-order valence-electron chi connectivity index (χ3n) is 3.56. The summed E-state index contributed by atoms with van der Waals surface area (Å²) in [6.45, 7) is 4.30. The number of anilines is 1. The number of unbranched alkanes of at least 4 members (excludes halogenated alkanes) is 1. The highest BCUT2D eigenvalue weighted by Crippen LogP contribution is 2.30. The number of carbonyl (C=O) groups excluding carboxylic acids is 1. The molecule has 0 bridgehead atoms. The van der Waals surface area contributed by atoms with Gasteiger partial charge in [0.25, 0.3) is 0 Å². The van der Waals surface area contributed by atoms with E-state index < -0.39 is 6.09 Å². The Morgan fingerprint density at radius 2 is 2.20 bits per heavy atom. The van der Waals surface area contributed by atoms with Crippen molar-refractivity contribution in [2.75, 3.05) is 19.0 Å². The van der Waals surface area contributed by atoms with E-state index in [0.29, 0.717) is 17.6 Å². The lowest BCUT2D eigenvalue weighted by molar-refractivity contribution is 0.159. The van der Waals surface area contributed by atoms with Crippen LogP contribution in [0.1, 0.15) is 25.5 Å². The maximum atomic E-state index is 11.9. The van der Waals surface area contributed by atoms with Gasteiger partial charge in [-0.25, -0.2) is 9.78 Å². The van der Waals surface area contributed by atoms with Gasteiger partial charge in [-0.05, 0) is 31.5 Å². The largest absolute Gasteiger partial charge is 0.497 e. The lowest BCUT2D eigenvalue weighted by atomic mass is 10.3. The summed E-state index contributed by atoms with van der Waals surface area (Å²) in [7, 11) is 1.63. The quantitative estimate of drug-likeness (QED) is 0.668. The van der Waals surface area contributed by atoms with Crippen LogP contribution in [0.25, 0.3) is 15.3 Å². The first-order valence-electron chi connectivity index (χ1n) is 8.06. The number of carbonyl (C=O) groups is 1. The number of methoxy groups -OCH3 is 1. The van der Waals surface area contributed by atoms with E-state index in [-0.39, 0.29) is 0 Å². The van der Waals surface area contributed by atoms with Crippen molar-refractivity contribution in [2.45, 2.75) is 26.7 Å². The van der Waals surface area contributed by atoms with Gasteiger partial charge in [0.1, 0.15) is 11.6 Å². The molecule has 1 amide bonds. The van der Waals surface area contributed by atoms with Crippen LogP contribution in [-0.2, 0) is 4.74 Å². The van der Waals surface area contributed by atoms with Gasteiger partial charge in [0.2, 0.25) is 5.13 Å². The lowest BCUT2D eigenvalue weighted by Gasteiger charge is -2.07. The highest BCUT2D eigenvalue weighted by atomic mass is 32.1. The van der Waals surface area contributed by atoms with Gasteiger partial charge in [-0.15, -0.1) is 0 Å². The molecule has 0 radical (unpaired) electrons. The van der Waals surface area contributed by atoms with Crippen molar-refractivity contribution in [2.24, 2.45) is 0 Å². The van der Waals surface area contributed by atoms with Crippen molar-refractivity contribution in [3.05, 3.63) is 30.0 Å². The second-order valence-electron chi connectivity index (χ2n) is 5.53. The van der Waals surface area contributed by atoms with Gasteiger partial charge in [0.05, 0.1) is 29.6 Å². The number of fused-ring (bicyclic) bond motifs is 1. The maximum absolute atomic E-state index is 11.9. The van der Waals surface area contributed by atoms with Crippen LogP contribution in [0, 0.1) is 6.92 Å². The molecule has 0 aliphatic heterocycles. The lowest BCUT2D eigenvalue weighted by Crippen LogP contribution is -2.16. The van der Waals surface area contributed by atoms with Gasteiger partial charge in [0.15, 0.2) is 0 Å². The highest BCUT2D eigenvalue weighted by molar-refractivity contribution is 7.20. The topological polar surface area (TPSA) is 78.3 Å². The fourth-order valence-electron chi connectivity index (χ4n) is 2.29. The fraction of sp³-hybridized carbons (Fsp3) is 0.353. The molecule has 0 saturated carbocycles. The SMILES string of the molecule is CCCCOC(=O)Nc1cc(C)nn1-c1nc2ccc(OC)cc2s1. The molecular formula is C17H20N4O3S. The fourth-order valence-corrected chi connectivity index (χ4v) is 3.25. The van der Waals surface area contributed by atoms with Gasteiger partial charge in [-0.3, -0.25) is 5.32 Å². The monoisotopic (exact) mass is 360 g/mol. The Morgan fingerprint density at radius 3 is 2.96 bits per heavy atom. The molecule has 0 fully saturated rings. The number of hydrogen-bond donors (Lipinski definition) is 1. The van der Waals surface area contributed by atoms with E-state index in [4.69, 9.17) is 9.47 Å². The Balaban J connectivity index is 1.86. The first-order valence-corrected chi connectivity index (χ1v) is 8.87. The highest BCUT2D eigenvalue weighted by Gasteiger charge is 2.15. The number of nitrogens with one attached hydrogen (secondary N) is 1. The normalized spacial score (nSPS) is 10.8. The number of ether oxygens (including phenoxy) is 2. The second kappa shape index (κ2) is 7.52. The van der Waals surface area contributed by atoms with E-state index in [1.54, 1.807) is 17.9 Å². The van der Waals surface area contributed by atoms with Crippen molar-refractivity contribution in [1.82, 2.24) is 14.8 Å². The van der Waals surface area contributed by atoms with Gasteiger partial charge in [-0.2, -0.15) is 9.78 Å². The van der Waals surface area contributed by atoms with Crippen molar-refractivity contribution < 1.29 is 14.3 Å². The number of aryl methyl sites for hydroxylation is 1.